The van der Waals surface area contributed by atoms with Gasteiger partial charge in [0.2, 0.25) is 0 Å². The molecule has 0 aromatic rings. The summed E-state index contributed by atoms with van der Waals surface area (Å²) in [5.41, 5.74) is 0. The van der Waals surface area contributed by atoms with Crippen molar-refractivity contribution in [2.45, 2.75) is 31.9 Å². The summed E-state index contributed by atoms with van der Waals surface area (Å²) in [4.78, 5) is 10.9. The van der Waals surface area contributed by atoms with Gasteiger partial charge in [-0.2, -0.15) is 13.2 Å². The Morgan fingerprint density at radius 3 is 2.65 bits per heavy atom. The molecule has 100 valence electrons. The van der Waals surface area contributed by atoms with Crippen LogP contribution in [0, 0.1) is 0 Å². The Bertz CT molecular complexity index is 280. The van der Waals surface area contributed by atoms with Crippen LogP contribution in [0.5, 0.6) is 0 Å². The maximum Gasteiger partial charge on any atom is 0.422 e. The second-order valence-corrected chi connectivity index (χ2v) is 4.02. The number of alkyl halides is 3. The molecule has 0 bridgehead atoms. The van der Waals surface area contributed by atoms with E-state index in [1.807, 2.05) is 0 Å². The number of carbonyl (C=O) groups is 1. The van der Waals surface area contributed by atoms with E-state index in [9.17, 15) is 18.0 Å². The van der Waals surface area contributed by atoms with Crippen molar-refractivity contribution < 1.29 is 32.2 Å². The first-order valence-electron chi connectivity index (χ1n) is 4.97. The summed E-state index contributed by atoms with van der Waals surface area (Å²) in [7, 11) is 0. The molecule has 17 heavy (non-hydrogen) atoms. The average Bonchev–Trinajstić information content (AvgIpc) is 2.51. The summed E-state index contributed by atoms with van der Waals surface area (Å²) in [5, 5.41) is 2.17. The summed E-state index contributed by atoms with van der Waals surface area (Å²) in [5.74, 6) is -0.734. The molecule has 1 amide bonds. The van der Waals surface area contributed by atoms with Crippen molar-refractivity contribution in [3.05, 3.63) is 0 Å². The first-order valence-corrected chi connectivity index (χ1v) is 4.97. The van der Waals surface area contributed by atoms with Crippen molar-refractivity contribution in [2.24, 2.45) is 0 Å². The fraction of sp³-hybridized carbons (Fsp3) is 0.889. The van der Waals surface area contributed by atoms with E-state index in [1.165, 1.54) is 0 Å². The molecule has 1 N–H and O–H groups in total. The highest BCUT2D eigenvalue weighted by atomic mass is 19.4. The van der Waals surface area contributed by atoms with Gasteiger partial charge in [-0.15, -0.1) is 0 Å². The number of amides is 1. The van der Waals surface area contributed by atoms with Crippen molar-refractivity contribution in [3.63, 3.8) is 0 Å². The van der Waals surface area contributed by atoms with Crippen LogP contribution in [0.4, 0.5) is 18.0 Å². The molecule has 1 unspecified atom stereocenters. The first-order chi connectivity index (χ1) is 7.68. The summed E-state index contributed by atoms with van der Waals surface area (Å²) in [6.45, 7) is 2.11. The quantitative estimate of drug-likeness (QED) is 0.830. The molecule has 1 saturated heterocycles. The van der Waals surface area contributed by atoms with Crippen LogP contribution in [0.15, 0.2) is 0 Å². The molecule has 0 aromatic heterocycles. The van der Waals surface area contributed by atoms with Gasteiger partial charge >= 0.3 is 12.3 Å². The molecule has 0 saturated carbocycles. The van der Waals surface area contributed by atoms with E-state index in [0.717, 1.165) is 0 Å². The predicted molar refractivity (Wildman–Crippen MR) is 50.3 cm³/mol. The van der Waals surface area contributed by atoms with Gasteiger partial charge < -0.3 is 19.5 Å². The summed E-state index contributed by atoms with van der Waals surface area (Å²) < 4.78 is 49.6. The minimum absolute atomic E-state index is 0.0418. The number of alkyl carbamates (subject to hydrolysis) is 1. The average molecular weight is 257 g/mol. The zero-order chi connectivity index (χ0) is 13.1. The molecule has 0 radical (unpaired) electrons. The van der Waals surface area contributed by atoms with E-state index in [1.54, 1.807) is 13.8 Å². The molecular formula is C9H14F3NO4. The molecule has 8 heteroatoms. The van der Waals surface area contributed by atoms with Gasteiger partial charge in [-0.3, -0.25) is 0 Å². The first kappa shape index (κ1) is 14.0. The molecule has 1 heterocycles. The van der Waals surface area contributed by atoms with Crippen molar-refractivity contribution in [3.8, 4) is 0 Å². The maximum absolute atomic E-state index is 11.7. The highest BCUT2D eigenvalue weighted by molar-refractivity contribution is 5.67. The fourth-order valence-corrected chi connectivity index (χ4v) is 1.26. The van der Waals surface area contributed by atoms with Gasteiger partial charge in [-0.25, -0.2) is 4.79 Å². The molecule has 1 fully saturated rings. The third kappa shape index (κ3) is 5.73. The van der Waals surface area contributed by atoms with Crippen LogP contribution in [0.2, 0.25) is 0 Å². The Morgan fingerprint density at radius 2 is 2.18 bits per heavy atom. The van der Waals surface area contributed by atoms with Crippen LogP contribution < -0.4 is 5.32 Å². The lowest BCUT2D eigenvalue weighted by atomic mass is 10.4. The lowest BCUT2D eigenvalue weighted by Gasteiger charge is -2.17. The Morgan fingerprint density at radius 1 is 1.53 bits per heavy atom. The Hall–Kier alpha value is -1.02. The highest BCUT2D eigenvalue weighted by Gasteiger charge is 2.33. The van der Waals surface area contributed by atoms with Crippen LogP contribution in [-0.2, 0) is 14.2 Å². The van der Waals surface area contributed by atoms with Crippen LogP contribution in [0.1, 0.15) is 13.8 Å². The molecule has 5 nitrogen and oxygen atoms in total. The van der Waals surface area contributed by atoms with Crippen molar-refractivity contribution >= 4 is 6.09 Å². The Kier molecular flexibility index (Phi) is 4.21. The van der Waals surface area contributed by atoms with Crippen LogP contribution >= 0.6 is 0 Å². The number of ether oxygens (including phenoxy) is 3. The van der Waals surface area contributed by atoms with E-state index < -0.39 is 24.7 Å². The molecular weight excluding hydrogens is 243 g/mol. The zero-order valence-electron chi connectivity index (χ0n) is 9.47. The minimum Gasteiger partial charge on any atom is -0.440 e. The standard InChI is InChI=1S/C9H14F3NO4/c1-8(2)16-4-6(17-8)3-13-7(14)15-5-9(10,11)12/h6H,3-5H2,1-2H3,(H,13,14). The monoisotopic (exact) mass is 257 g/mol. The van der Waals surface area contributed by atoms with Crippen molar-refractivity contribution in [2.75, 3.05) is 19.8 Å². The lowest BCUT2D eigenvalue weighted by molar-refractivity contribution is -0.160. The van der Waals surface area contributed by atoms with Gasteiger partial charge in [0.15, 0.2) is 12.4 Å². The molecule has 0 aromatic carbocycles. The predicted octanol–water partition coefficient (Wildman–Crippen LogP) is 1.43. The smallest absolute Gasteiger partial charge is 0.422 e. The van der Waals surface area contributed by atoms with Crippen LogP contribution in [0.3, 0.4) is 0 Å². The maximum atomic E-state index is 11.7. The molecule has 0 aliphatic carbocycles. The van der Waals surface area contributed by atoms with E-state index in [0.29, 0.717) is 0 Å². The molecule has 1 atom stereocenters. The highest BCUT2D eigenvalue weighted by Crippen LogP contribution is 2.21. The topological polar surface area (TPSA) is 56.8 Å². The van der Waals surface area contributed by atoms with Crippen molar-refractivity contribution in [1.82, 2.24) is 5.32 Å². The largest absolute Gasteiger partial charge is 0.440 e. The van der Waals surface area contributed by atoms with E-state index in [2.05, 4.69) is 10.1 Å². The number of rotatable bonds is 3. The summed E-state index contributed by atoms with van der Waals surface area (Å²) in [6.07, 6.45) is -6.04. The van der Waals surface area contributed by atoms with Gasteiger partial charge in [-0.05, 0) is 13.8 Å². The normalized spacial score (nSPS) is 23.5. The molecule has 1 rings (SSSR count). The Balaban J connectivity index is 2.17. The number of halogens is 3. The second kappa shape index (κ2) is 5.09. The van der Waals surface area contributed by atoms with Gasteiger partial charge in [0, 0.05) is 6.54 Å². The summed E-state index contributed by atoms with van der Waals surface area (Å²) in [6, 6.07) is 0. The van der Waals surface area contributed by atoms with Gasteiger partial charge in [0.1, 0.15) is 6.10 Å². The van der Waals surface area contributed by atoms with E-state index in [-0.39, 0.29) is 19.3 Å². The Labute approximate surface area is 96.2 Å². The third-order valence-electron chi connectivity index (χ3n) is 1.91. The minimum atomic E-state index is -4.52. The zero-order valence-corrected chi connectivity index (χ0v) is 9.47. The van der Waals surface area contributed by atoms with Gasteiger partial charge in [0.25, 0.3) is 0 Å². The fourth-order valence-electron chi connectivity index (χ4n) is 1.26. The number of nitrogens with one attached hydrogen (secondary N) is 1. The molecule has 0 spiro atoms. The van der Waals surface area contributed by atoms with E-state index in [4.69, 9.17) is 9.47 Å². The van der Waals surface area contributed by atoms with Crippen molar-refractivity contribution in [1.29, 1.82) is 0 Å². The lowest BCUT2D eigenvalue weighted by Crippen LogP contribution is -2.36. The number of hydrogen-bond acceptors (Lipinski definition) is 4. The van der Waals surface area contributed by atoms with Gasteiger partial charge in [-0.1, -0.05) is 0 Å². The SMILES string of the molecule is CC1(C)OCC(CNC(=O)OCC(F)(F)F)O1. The molecule has 1 aliphatic rings. The van der Waals surface area contributed by atoms with Gasteiger partial charge in [0.05, 0.1) is 6.61 Å². The number of hydrogen-bond donors (Lipinski definition) is 1. The third-order valence-corrected chi connectivity index (χ3v) is 1.91. The van der Waals surface area contributed by atoms with Crippen LogP contribution in [-0.4, -0.2) is 43.9 Å². The second-order valence-electron chi connectivity index (χ2n) is 4.02. The number of carbonyl (C=O) groups excluding carboxylic acids is 1. The summed E-state index contributed by atoms with van der Waals surface area (Å²) >= 11 is 0. The van der Waals surface area contributed by atoms with Crippen LogP contribution in [0.25, 0.3) is 0 Å². The molecule has 1 aliphatic heterocycles. The van der Waals surface area contributed by atoms with E-state index >= 15 is 0 Å².